The predicted molar refractivity (Wildman–Crippen MR) is 63.6 cm³/mol. The van der Waals surface area contributed by atoms with Gasteiger partial charge in [-0.1, -0.05) is 29.8 Å². The van der Waals surface area contributed by atoms with Crippen molar-refractivity contribution >= 4 is 21.6 Å². The van der Waals surface area contributed by atoms with Gasteiger partial charge < -0.3 is 10.5 Å². The van der Waals surface area contributed by atoms with Crippen molar-refractivity contribution in [2.45, 2.75) is 32.8 Å². The minimum absolute atomic E-state index is 0.262. The molecule has 2 N–H and O–H groups in total. The van der Waals surface area contributed by atoms with E-state index < -0.39 is 0 Å². The second-order valence-corrected chi connectivity index (χ2v) is 4.15. The molecule has 0 unspecified atom stereocenters. The van der Waals surface area contributed by atoms with Gasteiger partial charge in [-0.05, 0) is 31.0 Å². The third-order valence-electron chi connectivity index (χ3n) is 2.18. The molecule has 0 aliphatic heterocycles. The minimum atomic E-state index is 0.262. The van der Waals surface area contributed by atoms with Gasteiger partial charge in [-0.2, -0.15) is 0 Å². The largest absolute Gasteiger partial charge is 0.488 e. The lowest BCUT2D eigenvalue weighted by Crippen LogP contribution is -2.14. The van der Waals surface area contributed by atoms with Crippen molar-refractivity contribution in [1.82, 2.24) is 0 Å². The molecule has 1 rings (SSSR count). The zero-order valence-corrected chi connectivity index (χ0v) is 10.2. The van der Waals surface area contributed by atoms with Crippen molar-refractivity contribution in [1.29, 1.82) is 0 Å². The Balaban J connectivity index is 2.76. The van der Waals surface area contributed by atoms with Gasteiger partial charge >= 0.3 is 0 Å². The summed E-state index contributed by atoms with van der Waals surface area (Å²) in [5.74, 6) is 0.780. The number of nitrogen functional groups attached to an aromatic ring is 1. The Morgan fingerprint density at radius 3 is 2.50 bits per heavy atom. The molecule has 0 saturated heterocycles. The molecule has 0 spiro atoms. The Morgan fingerprint density at radius 2 is 2.00 bits per heavy atom. The average molecular weight is 258 g/mol. The molecule has 1 aromatic carbocycles. The number of halogens is 1. The van der Waals surface area contributed by atoms with Crippen molar-refractivity contribution in [3.8, 4) is 5.75 Å². The van der Waals surface area contributed by atoms with Crippen molar-refractivity contribution < 1.29 is 4.74 Å². The van der Waals surface area contributed by atoms with Crippen molar-refractivity contribution in [2.24, 2.45) is 0 Å². The van der Waals surface area contributed by atoms with Crippen LogP contribution in [0.1, 0.15) is 26.7 Å². The molecule has 78 valence electrons. The van der Waals surface area contributed by atoms with Crippen molar-refractivity contribution in [3.63, 3.8) is 0 Å². The number of nitrogens with two attached hydrogens (primary N) is 1. The zero-order chi connectivity index (χ0) is 10.6. The molecule has 0 amide bonds. The van der Waals surface area contributed by atoms with E-state index in [4.69, 9.17) is 10.5 Å². The predicted octanol–water partition coefficient (Wildman–Crippen LogP) is 3.60. The molecule has 3 heteroatoms. The first-order valence-corrected chi connectivity index (χ1v) is 5.68. The fraction of sp³-hybridized carbons (Fsp3) is 0.455. The summed E-state index contributed by atoms with van der Waals surface area (Å²) in [5.41, 5.74) is 6.51. The number of benzene rings is 1. The summed E-state index contributed by atoms with van der Waals surface area (Å²) in [4.78, 5) is 0. The van der Waals surface area contributed by atoms with Crippen LogP contribution >= 0.6 is 15.9 Å². The van der Waals surface area contributed by atoms with Crippen LogP contribution in [0.2, 0.25) is 0 Å². The van der Waals surface area contributed by atoms with Gasteiger partial charge in [0.15, 0.2) is 0 Å². The number of rotatable bonds is 4. The van der Waals surface area contributed by atoms with Gasteiger partial charge in [-0.3, -0.25) is 0 Å². The fourth-order valence-electron chi connectivity index (χ4n) is 1.26. The molecule has 0 saturated carbocycles. The maximum atomic E-state index is 5.82. The highest BCUT2D eigenvalue weighted by Crippen LogP contribution is 2.26. The van der Waals surface area contributed by atoms with Gasteiger partial charge in [0, 0.05) is 4.47 Å². The van der Waals surface area contributed by atoms with Crippen LogP contribution < -0.4 is 10.5 Å². The number of ether oxygens (including phenoxy) is 1. The molecular weight excluding hydrogens is 242 g/mol. The maximum Gasteiger partial charge on any atom is 0.142 e. The standard InChI is InChI=1S/C11H16BrNO/c1-3-9(4-2)14-11-6-5-8(12)7-10(11)13/h5-7,9H,3-4,13H2,1-2H3. The third-order valence-corrected chi connectivity index (χ3v) is 2.67. The number of hydrogen-bond donors (Lipinski definition) is 1. The molecule has 0 heterocycles. The molecule has 0 radical (unpaired) electrons. The summed E-state index contributed by atoms with van der Waals surface area (Å²) in [5, 5.41) is 0. The van der Waals surface area contributed by atoms with Crippen molar-refractivity contribution in [3.05, 3.63) is 22.7 Å². The smallest absolute Gasteiger partial charge is 0.142 e. The van der Waals surface area contributed by atoms with Crippen LogP contribution in [0.3, 0.4) is 0 Å². The number of anilines is 1. The van der Waals surface area contributed by atoms with Crippen LogP contribution in [-0.4, -0.2) is 6.10 Å². The van der Waals surface area contributed by atoms with Gasteiger partial charge in [0.25, 0.3) is 0 Å². The SMILES string of the molecule is CCC(CC)Oc1ccc(Br)cc1N. The van der Waals surface area contributed by atoms with E-state index >= 15 is 0 Å². The molecule has 0 fully saturated rings. The first-order chi connectivity index (χ1) is 6.67. The Labute approximate surface area is 93.6 Å². The van der Waals surface area contributed by atoms with Crippen LogP contribution in [0.15, 0.2) is 22.7 Å². The van der Waals surface area contributed by atoms with Gasteiger partial charge in [0.2, 0.25) is 0 Å². The van der Waals surface area contributed by atoms with Crippen LogP contribution in [-0.2, 0) is 0 Å². The van der Waals surface area contributed by atoms with Crippen LogP contribution in [0.4, 0.5) is 5.69 Å². The van der Waals surface area contributed by atoms with E-state index in [1.165, 1.54) is 0 Å². The van der Waals surface area contributed by atoms with E-state index in [0.717, 1.165) is 23.1 Å². The van der Waals surface area contributed by atoms with Gasteiger partial charge in [-0.15, -0.1) is 0 Å². The van der Waals surface area contributed by atoms with E-state index in [1.807, 2.05) is 18.2 Å². The Kier molecular flexibility index (Phi) is 4.26. The first-order valence-electron chi connectivity index (χ1n) is 4.89. The lowest BCUT2D eigenvalue weighted by molar-refractivity contribution is 0.194. The molecule has 0 aliphatic carbocycles. The van der Waals surface area contributed by atoms with Gasteiger partial charge in [0.1, 0.15) is 5.75 Å². The van der Waals surface area contributed by atoms with Gasteiger partial charge in [-0.25, -0.2) is 0 Å². The molecule has 14 heavy (non-hydrogen) atoms. The number of hydrogen-bond acceptors (Lipinski definition) is 2. The van der Waals surface area contributed by atoms with Crippen LogP contribution in [0.5, 0.6) is 5.75 Å². The Hall–Kier alpha value is -0.700. The molecule has 2 nitrogen and oxygen atoms in total. The average Bonchev–Trinajstić information content (AvgIpc) is 2.17. The quantitative estimate of drug-likeness (QED) is 0.837. The maximum absolute atomic E-state index is 5.82. The highest BCUT2D eigenvalue weighted by atomic mass is 79.9. The molecule has 0 atom stereocenters. The Morgan fingerprint density at radius 1 is 1.36 bits per heavy atom. The fourth-order valence-corrected chi connectivity index (χ4v) is 1.64. The highest BCUT2D eigenvalue weighted by molar-refractivity contribution is 9.10. The Bertz CT molecular complexity index is 297. The lowest BCUT2D eigenvalue weighted by Gasteiger charge is -2.17. The van der Waals surface area contributed by atoms with Crippen molar-refractivity contribution in [2.75, 3.05) is 5.73 Å². The molecular formula is C11H16BrNO. The molecule has 1 aromatic rings. The summed E-state index contributed by atoms with van der Waals surface area (Å²) in [7, 11) is 0. The summed E-state index contributed by atoms with van der Waals surface area (Å²) < 4.78 is 6.73. The summed E-state index contributed by atoms with van der Waals surface area (Å²) in [6.07, 6.45) is 2.27. The monoisotopic (exact) mass is 257 g/mol. The minimum Gasteiger partial charge on any atom is -0.488 e. The second kappa shape index (κ2) is 5.25. The van der Waals surface area contributed by atoms with Gasteiger partial charge in [0.05, 0.1) is 11.8 Å². The highest BCUT2D eigenvalue weighted by Gasteiger charge is 2.07. The third kappa shape index (κ3) is 2.91. The van der Waals surface area contributed by atoms with E-state index in [0.29, 0.717) is 5.69 Å². The molecule has 0 aliphatic rings. The van der Waals surface area contributed by atoms with E-state index in [1.54, 1.807) is 0 Å². The zero-order valence-electron chi connectivity index (χ0n) is 8.59. The topological polar surface area (TPSA) is 35.2 Å². The molecule has 0 bridgehead atoms. The normalized spacial score (nSPS) is 10.6. The summed E-state index contributed by atoms with van der Waals surface area (Å²) in [6.45, 7) is 4.23. The summed E-state index contributed by atoms with van der Waals surface area (Å²) >= 11 is 3.36. The lowest BCUT2D eigenvalue weighted by atomic mass is 10.2. The second-order valence-electron chi connectivity index (χ2n) is 3.24. The summed E-state index contributed by atoms with van der Waals surface area (Å²) in [6, 6.07) is 5.70. The van der Waals surface area contributed by atoms with Crippen LogP contribution in [0, 0.1) is 0 Å². The van der Waals surface area contributed by atoms with E-state index in [9.17, 15) is 0 Å². The van der Waals surface area contributed by atoms with Crippen LogP contribution in [0.25, 0.3) is 0 Å². The first kappa shape index (κ1) is 11.4. The molecule has 0 aromatic heterocycles. The van der Waals surface area contributed by atoms with E-state index in [-0.39, 0.29) is 6.10 Å². The van der Waals surface area contributed by atoms with E-state index in [2.05, 4.69) is 29.8 Å².